The number of nitrogens with zero attached hydrogens (tertiary/aromatic N) is 1. The van der Waals surface area contributed by atoms with Crippen LogP contribution in [-0.2, 0) is 11.3 Å². The van der Waals surface area contributed by atoms with Crippen LogP contribution in [0.5, 0.6) is 0 Å². The lowest BCUT2D eigenvalue weighted by atomic mass is 10.0. The van der Waals surface area contributed by atoms with E-state index in [9.17, 15) is 9.59 Å². The maximum absolute atomic E-state index is 12.1. The number of carbonyl (C=O) groups excluding carboxylic acids is 1. The van der Waals surface area contributed by atoms with Gasteiger partial charge in [0.2, 0.25) is 0 Å². The molecule has 0 aliphatic heterocycles. The zero-order valence-electron chi connectivity index (χ0n) is 11.7. The number of likely N-dealkylation sites (N-methyl/N-ethyl adjacent to an activating group) is 1. The molecule has 1 rings (SSSR count). The highest BCUT2D eigenvalue weighted by Crippen LogP contribution is 2.16. The van der Waals surface area contributed by atoms with E-state index in [2.05, 4.69) is 5.32 Å². The lowest BCUT2D eigenvalue weighted by Gasteiger charge is -2.34. The number of carbonyl (C=O) groups is 2. The molecule has 2 N–H and O–H groups in total. The predicted molar refractivity (Wildman–Crippen MR) is 75.4 cm³/mol. The third-order valence-electron chi connectivity index (χ3n) is 3.15. The number of carboxylic acid groups (broad SMARTS) is 1. The van der Waals surface area contributed by atoms with Gasteiger partial charge in [-0.05, 0) is 49.6 Å². The molecule has 0 spiro atoms. The van der Waals surface area contributed by atoms with E-state index in [-0.39, 0.29) is 6.03 Å². The van der Waals surface area contributed by atoms with Gasteiger partial charge in [0.1, 0.15) is 5.54 Å². The van der Waals surface area contributed by atoms with Crippen molar-refractivity contribution in [2.45, 2.75) is 39.8 Å². The molecule has 0 unspecified atom stereocenters. The molecule has 5 nitrogen and oxygen atoms in total. The smallest absolute Gasteiger partial charge is 0.329 e. The molecule has 0 atom stereocenters. The number of aliphatic carboxylic acids is 1. The Kier molecular flexibility index (Phi) is 4.94. The molecule has 0 saturated heterocycles. The van der Waals surface area contributed by atoms with Crippen molar-refractivity contribution in [3.63, 3.8) is 0 Å². The second-order valence-electron chi connectivity index (χ2n) is 4.85. The van der Waals surface area contributed by atoms with E-state index in [0.29, 0.717) is 13.1 Å². The van der Waals surface area contributed by atoms with E-state index in [1.54, 1.807) is 18.3 Å². The van der Waals surface area contributed by atoms with Gasteiger partial charge in [0.05, 0.1) is 0 Å². The van der Waals surface area contributed by atoms with Gasteiger partial charge in [-0.25, -0.2) is 9.59 Å². The van der Waals surface area contributed by atoms with Crippen molar-refractivity contribution in [3.8, 4) is 0 Å². The van der Waals surface area contributed by atoms with Crippen molar-refractivity contribution in [2.24, 2.45) is 0 Å². The second-order valence-corrected chi connectivity index (χ2v) is 5.59. The van der Waals surface area contributed by atoms with Crippen molar-refractivity contribution in [1.82, 2.24) is 10.2 Å². The third-order valence-corrected chi connectivity index (χ3v) is 4.06. The summed E-state index contributed by atoms with van der Waals surface area (Å²) in [4.78, 5) is 24.6. The molecule has 0 saturated carbocycles. The summed E-state index contributed by atoms with van der Waals surface area (Å²) >= 11 is 1.58. The van der Waals surface area contributed by atoms with Gasteiger partial charge >= 0.3 is 12.0 Å². The van der Waals surface area contributed by atoms with Crippen LogP contribution in [0.25, 0.3) is 0 Å². The standard InChI is InChI=1S/C13H20N2O3S/c1-5-15(13(3,4)11(16)17)12(18)14-6-10-8-19-7-9(10)2/h7-8H,5-6H2,1-4H3,(H,14,18)(H,16,17). The van der Waals surface area contributed by atoms with Crippen molar-refractivity contribution in [1.29, 1.82) is 0 Å². The molecule has 1 aromatic heterocycles. The molecular weight excluding hydrogens is 264 g/mol. The average molecular weight is 284 g/mol. The minimum atomic E-state index is -1.22. The maximum atomic E-state index is 12.1. The highest BCUT2D eigenvalue weighted by molar-refractivity contribution is 7.08. The van der Waals surface area contributed by atoms with Gasteiger partial charge in [-0.15, -0.1) is 0 Å². The highest BCUT2D eigenvalue weighted by Gasteiger charge is 2.36. The minimum absolute atomic E-state index is 0.341. The number of urea groups is 1. The Morgan fingerprint density at radius 3 is 2.47 bits per heavy atom. The van der Waals surface area contributed by atoms with E-state index < -0.39 is 11.5 Å². The van der Waals surface area contributed by atoms with Gasteiger partial charge in [-0.2, -0.15) is 11.3 Å². The normalized spacial score (nSPS) is 11.2. The Morgan fingerprint density at radius 1 is 1.42 bits per heavy atom. The molecule has 0 aromatic carbocycles. The predicted octanol–water partition coefficient (Wildman–Crippen LogP) is 2.45. The van der Waals surface area contributed by atoms with Gasteiger partial charge in [0.25, 0.3) is 0 Å². The fraction of sp³-hybridized carbons (Fsp3) is 0.538. The molecule has 2 amide bonds. The number of rotatable bonds is 5. The highest BCUT2D eigenvalue weighted by atomic mass is 32.1. The number of aryl methyl sites for hydroxylation is 1. The summed E-state index contributed by atoms with van der Waals surface area (Å²) in [6.07, 6.45) is 0. The summed E-state index contributed by atoms with van der Waals surface area (Å²) in [7, 11) is 0. The SMILES string of the molecule is CCN(C(=O)NCc1cscc1C)C(C)(C)C(=O)O. The molecular formula is C13H20N2O3S. The summed E-state index contributed by atoms with van der Waals surface area (Å²) in [5.74, 6) is -1.02. The zero-order chi connectivity index (χ0) is 14.6. The van der Waals surface area contributed by atoms with Gasteiger partial charge < -0.3 is 15.3 Å². The number of nitrogens with one attached hydrogen (secondary N) is 1. The summed E-state index contributed by atoms with van der Waals surface area (Å²) in [6.45, 7) is 7.55. The van der Waals surface area contributed by atoms with Crippen molar-refractivity contribution in [2.75, 3.05) is 6.54 Å². The number of thiophene rings is 1. The second kappa shape index (κ2) is 6.06. The summed E-state index contributed by atoms with van der Waals surface area (Å²) < 4.78 is 0. The van der Waals surface area contributed by atoms with Crippen molar-refractivity contribution >= 4 is 23.3 Å². The topological polar surface area (TPSA) is 69.6 Å². The molecule has 19 heavy (non-hydrogen) atoms. The Balaban J connectivity index is 2.70. The molecule has 0 fully saturated rings. The zero-order valence-corrected chi connectivity index (χ0v) is 12.5. The number of hydrogen-bond donors (Lipinski definition) is 2. The maximum Gasteiger partial charge on any atom is 0.329 e. The molecule has 6 heteroatoms. The first-order chi connectivity index (χ1) is 8.80. The van der Waals surface area contributed by atoms with Crippen LogP contribution < -0.4 is 5.32 Å². The lowest BCUT2D eigenvalue weighted by molar-refractivity contribution is -0.147. The van der Waals surface area contributed by atoms with Crippen molar-refractivity contribution < 1.29 is 14.7 Å². The molecule has 0 aliphatic rings. The van der Waals surface area contributed by atoms with E-state index in [1.807, 2.05) is 17.7 Å². The summed E-state index contributed by atoms with van der Waals surface area (Å²) in [5, 5.41) is 15.9. The van der Waals surface area contributed by atoms with Crippen LogP contribution in [-0.4, -0.2) is 34.1 Å². The molecule has 1 aromatic rings. The van der Waals surface area contributed by atoms with Crippen molar-refractivity contribution in [3.05, 3.63) is 21.9 Å². The Hall–Kier alpha value is -1.56. The van der Waals surface area contributed by atoms with E-state index in [4.69, 9.17) is 5.11 Å². The average Bonchev–Trinajstić information content (AvgIpc) is 2.72. The fourth-order valence-corrected chi connectivity index (χ4v) is 2.60. The van der Waals surface area contributed by atoms with Crippen LogP contribution in [0.3, 0.4) is 0 Å². The largest absolute Gasteiger partial charge is 0.480 e. The lowest BCUT2D eigenvalue weighted by Crippen LogP contribution is -2.55. The van der Waals surface area contributed by atoms with Gasteiger partial charge in [-0.3, -0.25) is 0 Å². The third kappa shape index (κ3) is 3.47. The minimum Gasteiger partial charge on any atom is -0.480 e. The fourth-order valence-electron chi connectivity index (χ4n) is 1.74. The quantitative estimate of drug-likeness (QED) is 0.872. The Bertz CT molecular complexity index is 468. The molecule has 106 valence electrons. The monoisotopic (exact) mass is 284 g/mol. The first-order valence-electron chi connectivity index (χ1n) is 6.11. The molecule has 0 aliphatic carbocycles. The number of amides is 2. The van der Waals surface area contributed by atoms with Crippen LogP contribution in [0, 0.1) is 6.92 Å². The van der Waals surface area contributed by atoms with Crippen LogP contribution in [0.1, 0.15) is 31.9 Å². The summed E-state index contributed by atoms with van der Waals surface area (Å²) in [6, 6.07) is -0.361. The summed E-state index contributed by atoms with van der Waals surface area (Å²) in [5.41, 5.74) is 0.969. The Morgan fingerprint density at radius 2 is 2.05 bits per heavy atom. The van der Waals surface area contributed by atoms with Crippen LogP contribution in [0.4, 0.5) is 4.79 Å². The van der Waals surface area contributed by atoms with E-state index in [0.717, 1.165) is 11.1 Å². The Labute approximate surface area is 117 Å². The number of hydrogen-bond acceptors (Lipinski definition) is 3. The van der Waals surface area contributed by atoms with Gasteiger partial charge in [-0.1, -0.05) is 0 Å². The van der Waals surface area contributed by atoms with Crippen LogP contribution in [0.15, 0.2) is 10.8 Å². The van der Waals surface area contributed by atoms with Crippen LogP contribution in [0.2, 0.25) is 0 Å². The number of carboxylic acids is 1. The molecule has 1 heterocycles. The van der Waals surface area contributed by atoms with E-state index >= 15 is 0 Å². The molecule has 0 bridgehead atoms. The van der Waals surface area contributed by atoms with Crippen LogP contribution >= 0.6 is 11.3 Å². The molecule has 0 radical (unpaired) electrons. The first kappa shape index (κ1) is 15.5. The first-order valence-corrected chi connectivity index (χ1v) is 7.05. The van der Waals surface area contributed by atoms with E-state index in [1.165, 1.54) is 18.7 Å². The van der Waals surface area contributed by atoms with Gasteiger partial charge in [0, 0.05) is 13.1 Å². The van der Waals surface area contributed by atoms with Gasteiger partial charge in [0.15, 0.2) is 0 Å².